The van der Waals surface area contributed by atoms with E-state index in [0.717, 1.165) is 37.9 Å². The smallest absolute Gasteiger partial charge is 0.238 e. The molecular formula is C17H25N3O. The van der Waals surface area contributed by atoms with Gasteiger partial charge in [-0.2, -0.15) is 0 Å². The van der Waals surface area contributed by atoms with E-state index in [1.54, 1.807) is 0 Å². The first-order valence-corrected chi connectivity index (χ1v) is 8.03. The predicted octanol–water partition coefficient (Wildman–Crippen LogP) is 2.10. The molecule has 1 aromatic carbocycles. The molecule has 4 heteroatoms. The fraction of sp³-hybridized carbons (Fsp3) is 0.588. The van der Waals surface area contributed by atoms with E-state index in [0.29, 0.717) is 6.54 Å². The summed E-state index contributed by atoms with van der Waals surface area (Å²) in [4.78, 5) is 17.0. The number of carbonyl (C=O) groups excluding carboxylic acids is 1. The molecule has 1 aliphatic carbocycles. The number of hydrogen-bond acceptors (Lipinski definition) is 3. The molecule has 3 rings (SSSR count). The maximum atomic E-state index is 12.1. The Morgan fingerprint density at radius 2 is 2.00 bits per heavy atom. The Morgan fingerprint density at radius 3 is 2.62 bits per heavy atom. The molecule has 0 spiro atoms. The maximum Gasteiger partial charge on any atom is 0.238 e. The van der Waals surface area contributed by atoms with Crippen molar-refractivity contribution in [3.63, 3.8) is 0 Å². The molecule has 2 aliphatic rings. The Balaban J connectivity index is 1.43. The number of piperazine rings is 1. The lowest BCUT2D eigenvalue weighted by Gasteiger charge is -2.42. The quantitative estimate of drug-likeness (QED) is 0.921. The van der Waals surface area contributed by atoms with Crippen LogP contribution in [0.15, 0.2) is 24.3 Å². The average molecular weight is 287 g/mol. The van der Waals surface area contributed by atoms with Crippen molar-refractivity contribution < 1.29 is 4.79 Å². The summed E-state index contributed by atoms with van der Waals surface area (Å²) in [6, 6.07) is 8.79. The third-order valence-electron chi connectivity index (χ3n) is 4.67. The molecule has 0 unspecified atom stereocenters. The largest absolute Gasteiger partial charge is 0.325 e. The van der Waals surface area contributed by atoms with Gasteiger partial charge in [0.05, 0.1) is 6.54 Å². The fourth-order valence-electron chi connectivity index (χ4n) is 3.16. The van der Waals surface area contributed by atoms with Crippen LogP contribution in [0.3, 0.4) is 0 Å². The van der Waals surface area contributed by atoms with E-state index < -0.39 is 0 Å². The number of carbonyl (C=O) groups is 1. The summed E-state index contributed by atoms with van der Waals surface area (Å²) in [7, 11) is 0. The topological polar surface area (TPSA) is 35.6 Å². The van der Waals surface area contributed by atoms with E-state index in [1.165, 1.54) is 24.8 Å². The number of hydrogen-bond donors (Lipinski definition) is 1. The number of aryl methyl sites for hydroxylation is 1. The van der Waals surface area contributed by atoms with E-state index in [1.807, 2.05) is 31.2 Å². The van der Waals surface area contributed by atoms with Gasteiger partial charge in [0.2, 0.25) is 5.91 Å². The van der Waals surface area contributed by atoms with Crippen LogP contribution >= 0.6 is 0 Å². The molecule has 1 saturated heterocycles. The number of rotatable bonds is 4. The van der Waals surface area contributed by atoms with E-state index in [9.17, 15) is 4.79 Å². The second-order valence-corrected chi connectivity index (χ2v) is 6.31. The highest BCUT2D eigenvalue weighted by Gasteiger charge is 2.28. The minimum absolute atomic E-state index is 0.0951. The van der Waals surface area contributed by atoms with Crippen molar-refractivity contribution in [1.82, 2.24) is 9.80 Å². The van der Waals surface area contributed by atoms with Crippen molar-refractivity contribution in [2.45, 2.75) is 32.2 Å². The van der Waals surface area contributed by atoms with Gasteiger partial charge in [0.15, 0.2) is 0 Å². The van der Waals surface area contributed by atoms with E-state index in [4.69, 9.17) is 0 Å². The Bertz CT molecular complexity index is 491. The molecule has 0 aromatic heterocycles. The van der Waals surface area contributed by atoms with Crippen LogP contribution in [-0.4, -0.2) is 54.5 Å². The number of benzene rings is 1. The monoisotopic (exact) mass is 287 g/mol. The van der Waals surface area contributed by atoms with Gasteiger partial charge in [-0.3, -0.25) is 14.6 Å². The van der Waals surface area contributed by atoms with Gasteiger partial charge in [-0.05, 0) is 37.5 Å². The average Bonchev–Trinajstić information content (AvgIpc) is 2.39. The van der Waals surface area contributed by atoms with Crippen LogP contribution in [0.1, 0.15) is 24.8 Å². The van der Waals surface area contributed by atoms with E-state index in [2.05, 4.69) is 15.1 Å². The van der Waals surface area contributed by atoms with Gasteiger partial charge in [-0.25, -0.2) is 0 Å². The summed E-state index contributed by atoms with van der Waals surface area (Å²) in [6.07, 6.45) is 4.13. The Labute approximate surface area is 127 Å². The van der Waals surface area contributed by atoms with Gasteiger partial charge in [0.1, 0.15) is 0 Å². The molecule has 1 amide bonds. The van der Waals surface area contributed by atoms with Crippen molar-refractivity contribution in [3.8, 4) is 0 Å². The van der Waals surface area contributed by atoms with Crippen LogP contribution in [0.4, 0.5) is 5.69 Å². The zero-order valence-corrected chi connectivity index (χ0v) is 12.8. The highest BCUT2D eigenvalue weighted by atomic mass is 16.2. The first kappa shape index (κ1) is 14.5. The second kappa shape index (κ2) is 6.58. The molecule has 1 aromatic rings. The lowest BCUT2D eigenvalue weighted by molar-refractivity contribution is -0.117. The lowest BCUT2D eigenvalue weighted by atomic mass is 9.91. The summed E-state index contributed by atoms with van der Waals surface area (Å²) in [5.41, 5.74) is 2.06. The molecule has 0 radical (unpaired) electrons. The van der Waals surface area contributed by atoms with E-state index >= 15 is 0 Å². The molecular weight excluding hydrogens is 262 g/mol. The Hall–Kier alpha value is -1.39. The third-order valence-corrected chi connectivity index (χ3v) is 4.67. The standard InChI is InChI=1S/C17H25N3O/c1-14-4-2-5-15(12-14)18-17(21)13-19-8-10-20(11-9-19)16-6-3-7-16/h2,4-5,12,16H,3,6-11,13H2,1H3,(H,18,21). The van der Waals surface area contributed by atoms with Gasteiger partial charge >= 0.3 is 0 Å². The zero-order valence-electron chi connectivity index (χ0n) is 12.8. The molecule has 4 nitrogen and oxygen atoms in total. The Morgan fingerprint density at radius 1 is 1.24 bits per heavy atom. The van der Waals surface area contributed by atoms with E-state index in [-0.39, 0.29) is 5.91 Å². The normalized spacial score (nSPS) is 21.0. The summed E-state index contributed by atoms with van der Waals surface area (Å²) in [5, 5.41) is 2.99. The molecule has 0 bridgehead atoms. The first-order valence-electron chi connectivity index (χ1n) is 8.03. The molecule has 0 atom stereocenters. The van der Waals surface area contributed by atoms with Gasteiger partial charge in [0.25, 0.3) is 0 Å². The molecule has 2 fully saturated rings. The third kappa shape index (κ3) is 3.83. The number of nitrogens with one attached hydrogen (secondary N) is 1. The van der Waals surface area contributed by atoms with Crippen molar-refractivity contribution >= 4 is 11.6 Å². The van der Waals surface area contributed by atoms with Gasteiger partial charge in [0, 0.05) is 37.9 Å². The molecule has 1 aliphatic heterocycles. The number of amides is 1. The predicted molar refractivity (Wildman–Crippen MR) is 85.5 cm³/mol. The summed E-state index contributed by atoms with van der Waals surface area (Å²) in [5.74, 6) is 0.0951. The number of anilines is 1. The summed E-state index contributed by atoms with van der Waals surface area (Å²) < 4.78 is 0. The highest BCUT2D eigenvalue weighted by Crippen LogP contribution is 2.25. The second-order valence-electron chi connectivity index (χ2n) is 6.31. The molecule has 1 N–H and O–H groups in total. The van der Waals surface area contributed by atoms with Crippen LogP contribution < -0.4 is 5.32 Å². The molecule has 1 heterocycles. The van der Waals surface area contributed by atoms with Crippen LogP contribution in [0.25, 0.3) is 0 Å². The van der Waals surface area contributed by atoms with Gasteiger partial charge < -0.3 is 5.32 Å². The maximum absolute atomic E-state index is 12.1. The van der Waals surface area contributed by atoms with Crippen LogP contribution in [0.5, 0.6) is 0 Å². The number of nitrogens with zero attached hydrogens (tertiary/aromatic N) is 2. The van der Waals surface area contributed by atoms with Crippen molar-refractivity contribution in [2.24, 2.45) is 0 Å². The summed E-state index contributed by atoms with van der Waals surface area (Å²) in [6.45, 7) is 6.79. The minimum Gasteiger partial charge on any atom is -0.325 e. The molecule has 21 heavy (non-hydrogen) atoms. The lowest BCUT2D eigenvalue weighted by Crippen LogP contribution is -2.53. The van der Waals surface area contributed by atoms with Crippen molar-refractivity contribution in [2.75, 3.05) is 38.0 Å². The summed E-state index contributed by atoms with van der Waals surface area (Å²) >= 11 is 0. The Kier molecular flexibility index (Phi) is 4.56. The van der Waals surface area contributed by atoms with Crippen LogP contribution in [0, 0.1) is 6.92 Å². The van der Waals surface area contributed by atoms with Crippen molar-refractivity contribution in [3.05, 3.63) is 29.8 Å². The molecule has 114 valence electrons. The first-order chi connectivity index (χ1) is 10.2. The fourth-order valence-corrected chi connectivity index (χ4v) is 3.16. The van der Waals surface area contributed by atoms with Crippen LogP contribution in [0.2, 0.25) is 0 Å². The molecule has 1 saturated carbocycles. The minimum atomic E-state index is 0.0951. The zero-order chi connectivity index (χ0) is 14.7. The van der Waals surface area contributed by atoms with Crippen LogP contribution in [-0.2, 0) is 4.79 Å². The van der Waals surface area contributed by atoms with Crippen molar-refractivity contribution in [1.29, 1.82) is 0 Å². The highest BCUT2D eigenvalue weighted by molar-refractivity contribution is 5.92. The van der Waals surface area contributed by atoms with Gasteiger partial charge in [-0.15, -0.1) is 0 Å². The van der Waals surface area contributed by atoms with Gasteiger partial charge in [-0.1, -0.05) is 18.6 Å². The SMILES string of the molecule is Cc1cccc(NC(=O)CN2CCN(C3CCC3)CC2)c1.